The molecule has 0 spiro atoms. The molecule has 0 aliphatic rings. The second kappa shape index (κ2) is 9.32. The Bertz CT molecular complexity index is 255. The Balaban J connectivity index is 4.25. The number of likely N-dealkylation sites (N-methyl/N-ethyl adjacent to an activating group) is 1. The predicted octanol–water partition coefficient (Wildman–Crippen LogP) is 2.43. The molecule has 0 amide bonds. The summed E-state index contributed by atoms with van der Waals surface area (Å²) in [5.74, 6) is -0.150. The molecule has 4 heteroatoms. The first-order valence-electron chi connectivity index (χ1n) is 7.51. The van der Waals surface area contributed by atoms with Gasteiger partial charge in [-0.1, -0.05) is 13.8 Å². The molecule has 0 rings (SSSR count). The van der Waals surface area contributed by atoms with Gasteiger partial charge in [-0.15, -0.1) is 0 Å². The molecule has 0 fully saturated rings. The van der Waals surface area contributed by atoms with E-state index in [2.05, 4.69) is 31.1 Å². The normalized spacial score (nSPS) is 14.7. The van der Waals surface area contributed by atoms with Crippen molar-refractivity contribution in [2.24, 2.45) is 0 Å². The van der Waals surface area contributed by atoms with Crippen molar-refractivity contribution in [3.05, 3.63) is 0 Å². The highest BCUT2D eigenvalue weighted by Crippen LogP contribution is 2.16. The second-order valence-electron chi connectivity index (χ2n) is 5.36. The largest absolute Gasteiger partial charge is 0.465 e. The highest BCUT2D eigenvalue weighted by atomic mass is 16.5. The van der Waals surface area contributed by atoms with Crippen LogP contribution in [-0.4, -0.2) is 49.7 Å². The first kappa shape index (κ1) is 18.4. The lowest BCUT2D eigenvalue weighted by Gasteiger charge is -2.30. The molecule has 114 valence electrons. The van der Waals surface area contributed by atoms with Crippen molar-refractivity contribution in [1.82, 2.24) is 10.2 Å². The highest BCUT2D eigenvalue weighted by molar-refractivity contribution is 5.80. The van der Waals surface area contributed by atoms with Crippen molar-refractivity contribution in [1.29, 1.82) is 0 Å². The van der Waals surface area contributed by atoms with E-state index >= 15 is 0 Å². The van der Waals surface area contributed by atoms with E-state index in [0.717, 1.165) is 19.4 Å². The van der Waals surface area contributed by atoms with E-state index in [9.17, 15) is 4.79 Å². The number of nitrogens with zero attached hydrogens (tertiary/aromatic N) is 1. The van der Waals surface area contributed by atoms with Gasteiger partial charge in [-0.25, -0.2) is 0 Å². The van der Waals surface area contributed by atoms with Crippen LogP contribution in [0.15, 0.2) is 0 Å². The van der Waals surface area contributed by atoms with Crippen LogP contribution in [0, 0.1) is 0 Å². The van der Waals surface area contributed by atoms with E-state index in [-0.39, 0.29) is 5.97 Å². The van der Waals surface area contributed by atoms with E-state index in [4.69, 9.17) is 4.74 Å². The van der Waals surface area contributed by atoms with E-state index in [1.165, 1.54) is 12.8 Å². The molecule has 0 aliphatic carbocycles. The van der Waals surface area contributed by atoms with Crippen molar-refractivity contribution in [2.75, 3.05) is 27.2 Å². The third-order valence-corrected chi connectivity index (χ3v) is 4.03. The molecule has 0 saturated heterocycles. The van der Waals surface area contributed by atoms with Crippen LogP contribution in [0.25, 0.3) is 0 Å². The molecule has 0 aliphatic heterocycles. The monoisotopic (exact) mass is 272 g/mol. The smallest absolute Gasteiger partial charge is 0.326 e. The standard InChI is InChI=1S/C15H32N2O2/c1-7-13(8-2)17(6)12-10-11-15(4,16-5)14(18)19-9-3/h13,16H,7-12H2,1-6H3. The minimum atomic E-state index is -0.565. The van der Waals surface area contributed by atoms with Gasteiger partial charge >= 0.3 is 5.97 Å². The van der Waals surface area contributed by atoms with Gasteiger partial charge < -0.3 is 15.0 Å². The predicted molar refractivity (Wildman–Crippen MR) is 80.3 cm³/mol. The van der Waals surface area contributed by atoms with Gasteiger partial charge in [0.05, 0.1) is 6.61 Å². The molecule has 0 radical (unpaired) electrons. The van der Waals surface area contributed by atoms with E-state index in [1.54, 1.807) is 0 Å². The highest BCUT2D eigenvalue weighted by Gasteiger charge is 2.32. The summed E-state index contributed by atoms with van der Waals surface area (Å²) in [6.07, 6.45) is 4.14. The number of nitrogens with one attached hydrogen (secondary N) is 1. The SMILES string of the molecule is CCOC(=O)C(C)(CCCN(C)C(CC)CC)NC. The third-order valence-electron chi connectivity index (χ3n) is 4.03. The first-order chi connectivity index (χ1) is 8.95. The molecular weight excluding hydrogens is 240 g/mol. The fourth-order valence-corrected chi connectivity index (χ4v) is 2.40. The van der Waals surface area contributed by atoms with Crippen LogP contribution in [0.1, 0.15) is 53.4 Å². The summed E-state index contributed by atoms with van der Waals surface area (Å²) in [4.78, 5) is 14.3. The number of carbonyl (C=O) groups is 1. The quantitative estimate of drug-likeness (QED) is 0.620. The number of carbonyl (C=O) groups excluding carboxylic acids is 1. The summed E-state index contributed by atoms with van der Waals surface area (Å²) in [5, 5.41) is 3.10. The Morgan fingerprint density at radius 1 is 1.32 bits per heavy atom. The van der Waals surface area contributed by atoms with Gasteiger partial charge in [-0.05, 0) is 60.2 Å². The van der Waals surface area contributed by atoms with E-state index in [1.807, 2.05) is 20.9 Å². The Morgan fingerprint density at radius 3 is 2.32 bits per heavy atom. The van der Waals surface area contributed by atoms with Gasteiger partial charge in [0.25, 0.3) is 0 Å². The van der Waals surface area contributed by atoms with E-state index < -0.39 is 5.54 Å². The maximum Gasteiger partial charge on any atom is 0.326 e. The van der Waals surface area contributed by atoms with Crippen LogP contribution >= 0.6 is 0 Å². The topological polar surface area (TPSA) is 41.6 Å². The van der Waals surface area contributed by atoms with Crippen molar-refractivity contribution >= 4 is 5.97 Å². The van der Waals surface area contributed by atoms with Crippen LogP contribution in [0.5, 0.6) is 0 Å². The van der Waals surface area contributed by atoms with Crippen molar-refractivity contribution in [2.45, 2.75) is 65.0 Å². The van der Waals surface area contributed by atoms with E-state index in [0.29, 0.717) is 12.6 Å². The minimum Gasteiger partial charge on any atom is -0.465 e. The van der Waals surface area contributed by atoms with Gasteiger partial charge in [-0.3, -0.25) is 4.79 Å². The average molecular weight is 272 g/mol. The fraction of sp³-hybridized carbons (Fsp3) is 0.933. The van der Waals surface area contributed by atoms with Crippen LogP contribution in [0.4, 0.5) is 0 Å². The number of hydrogen-bond acceptors (Lipinski definition) is 4. The maximum atomic E-state index is 11.9. The molecule has 0 saturated carbocycles. The Hall–Kier alpha value is -0.610. The van der Waals surface area contributed by atoms with Crippen molar-refractivity contribution in [3.8, 4) is 0 Å². The van der Waals surface area contributed by atoms with Crippen LogP contribution in [0.2, 0.25) is 0 Å². The molecule has 1 atom stereocenters. The van der Waals surface area contributed by atoms with Gasteiger partial charge in [0, 0.05) is 6.04 Å². The van der Waals surface area contributed by atoms with Gasteiger partial charge in [0.2, 0.25) is 0 Å². The number of esters is 1. The lowest BCUT2D eigenvalue weighted by molar-refractivity contribution is -0.150. The lowest BCUT2D eigenvalue weighted by atomic mass is 9.95. The Morgan fingerprint density at radius 2 is 1.89 bits per heavy atom. The third kappa shape index (κ3) is 5.91. The number of rotatable bonds is 10. The summed E-state index contributed by atoms with van der Waals surface area (Å²) in [5.41, 5.74) is -0.565. The molecule has 0 aromatic heterocycles. The van der Waals surface area contributed by atoms with Gasteiger partial charge in [-0.2, -0.15) is 0 Å². The van der Waals surface area contributed by atoms with Crippen LogP contribution < -0.4 is 5.32 Å². The summed E-state index contributed by atoms with van der Waals surface area (Å²) in [6.45, 7) is 9.66. The van der Waals surface area contributed by atoms with Gasteiger partial charge in [0.1, 0.15) is 5.54 Å². The minimum absolute atomic E-state index is 0.150. The van der Waals surface area contributed by atoms with Crippen molar-refractivity contribution in [3.63, 3.8) is 0 Å². The molecule has 1 unspecified atom stereocenters. The lowest BCUT2D eigenvalue weighted by Crippen LogP contribution is -2.49. The molecule has 0 aromatic rings. The molecular formula is C15H32N2O2. The molecule has 0 bridgehead atoms. The second-order valence-corrected chi connectivity index (χ2v) is 5.36. The average Bonchev–Trinajstić information content (AvgIpc) is 2.40. The van der Waals surface area contributed by atoms with Gasteiger partial charge in [0.15, 0.2) is 0 Å². The zero-order chi connectivity index (χ0) is 14.9. The summed E-state index contributed by atoms with van der Waals surface area (Å²) < 4.78 is 5.13. The molecule has 0 aromatic carbocycles. The van der Waals surface area contributed by atoms with Crippen LogP contribution in [-0.2, 0) is 9.53 Å². The van der Waals surface area contributed by atoms with Crippen molar-refractivity contribution < 1.29 is 9.53 Å². The molecule has 0 heterocycles. The van der Waals surface area contributed by atoms with Crippen LogP contribution in [0.3, 0.4) is 0 Å². The molecule has 4 nitrogen and oxygen atoms in total. The zero-order valence-electron chi connectivity index (χ0n) is 13.6. The Kier molecular flexibility index (Phi) is 9.02. The Labute approximate surface area is 118 Å². The summed E-state index contributed by atoms with van der Waals surface area (Å²) >= 11 is 0. The number of hydrogen-bond donors (Lipinski definition) is 1. The number of ether oxygens (including phenoxy) is 1. The maximum absolute atomic E-state index is 11.9. The molecule has 19 heavy (non-hydrogen) atoms. The first-order valence-corrected chi connectivity index (χ1v) is 7.51. The summed E-state index contributed by atoms with van der Waals surface area (Å²) in [6, 6.07) is 0.642. The summed E-state index contributed by atoms with van der Waals surface area (Å²) in [7, 11) is 3.99. The fourth-order valence-electron chi connectivity index (χ4n) is 2.40. The molecule has 1 N–H and O–H groups in total. The zero-order valence-corrected chi connectivity index (χ0v) is 13.6.